The summed E-state index contributed by atoms with van der Waals surface area (Å²) in [5, 5.41) is 11.4. The van der Waals surface area contributed by atoms with Crippen molar-refractivity contribution >= 4 is 21.8 Å². The molecule has 2 N–H and O–H groups in total. The Balaban J connectivity index is 2.41. The molecule has 1 aromatic heterocycles. The zero-order valence-electron chi connectivity index (χ0n) is 11.4. The van der Waals surface area contributed by atoms with Crippen LogP contribution in [0.5, 0.6) is 0 Å². The molecular formula is C13H21BrN2O3. The zero-order valence-corrected chi connectivity index (χ0v) is 12.9. The summed E-state index contributed by atoms with van der Waals surface area (Å²) >= 11 is 3.39. The van der Waals surface area contributed by atoms with Crippen molar-refractivity contribution in [2.75, 3.05) is 26.4 Å². The summed E-state index contributed by atoms with van der Waals surface area (Å²) in [6, 6.07) is 2.05. The lowest BCUT2D eigenvalue weighted by Crippen LogP contribution is -2.27. The quantitative estimate of drug-likeness (QED) is 0.715. The third kappa shape index (κ3) is 5.34. The van der Waals surface area contributed by atoms with Gasteiger partial charge >= 0.3 is 0 Å². The first-order chi connectivity index (χ1) is 9.06. The molecule has 0 saturated carbocycles. The van der Waals surface area contributed by atoms with E-state index in [-0.39, 0.29) is 18.6 Å². The molecule has 0 saturated heterocycles. The molecule has 1 amide bonds. The second kappa shape index (κ2) is 8.35. The molecule has 0 radical (unpaired) electrons. The molecule has 0 aliphatic carbocycles. The average molecular weight is 333 g/mol. The molecule has 0 unspecified atom stereocenters. The number of nitrogens with one attached hydrogen (secondary N) is 1. The number of amides is 1. The number of aliphatic hydroxyl groups excluding tert-OH is 1. The van der Waals surface area contributed by atoms with Crippen LogP contribution in [0.1, 0.15) is 36.8 Å². The fraction of sp³-hybridized carbons (Fsp3) is 0.615. The normalized spacial score (nSPS) is 11.0. The van der Waals surface area contributed by atoms with Crippen LogP contribution >= 0.6 is 15.9 Å². The second-order valence-corrected chi connectivity index (χ2v) is 5.41. The predicted octanol–water partition coefficient (Wildman–Crippen LogP) is 1.96. The smallest absolute Gasteiger partial charge is 0.267 e. The number of nitrogens with zero attached hydrogens (tertiary/aromatic N) is 1. The SMILES string of the molecule is CC(C)n1cc(Br)cc1C(=O)NCCCOCCO. The van der Waals surface area contributed by atoms with Crippen molar-refractivity contribution in [3.63, 3.8) is 0 Å². The van der Waals surface area contributed by atoms with Crippen molar-refractivity contribution < 1.29 is 14.6 Å². The second-order valence-electron chi connectivity index (χ2n) is 4.49. The van der Waals surface area contributed by atoms with E-state index in [0.717, 1.165) is 10.9 Å². The molecule has 5 nitrogen and oxygen atoms in total. The number of hydrogen-bond donors (Lipinski definition) is 2. The van der Waals surface area contributed by atoms with Gasteiger partial charge in [0.25, 0.3) is 5.91 Å². The predicted molar refractivity (Wildman–Crippen MR) is 77.4 cm³/mol. The lowest BCUT2D eigenvalue weighted by molar-refractivity contribution is 0.0863. The van der Waals surface area contributed by atoms with E-state index in [4.69, 9.17) is 9.84 Å². The largest absolute Gasteiger partial charge is 0.394 e. The Morgan fingerprint density at radius 3 is 2.89 bits per heavy atom. The lowest BCUT2D eigenvalue weighted by Gasteiger charge is -2.12. The van der Waals surface area contributed by atoms with Crippen LogP contribution in [-0.2, 0) is 4.74 Å². The van der Waals surface area contributed by atoms with Crippen LogP contribution in [0.4, 0.5) is 0 Å². The van der Waals surface area contributed by atoms with Gasteiger partial charge in [0, 0.05) is 29.9 Å². The Hall–Kier alpha value is -0.850. The van der Waals surface area contributed by atoms with Gasteiger partial charge in [0.2, 0.25) is 0 Å². The molecule has 0 bridgehead atoms. The fourth-order valence-corrected chi connectivity index (χ4v) is 2.13. The highest BCUT2D eigenvalue weighted by Crippen LogP contribution is 2.19. The van der Waals surface area contributed by atoms with Crippen LogP contribution in [0.3, 0.4) is 0 Å². The van der Waals surface area contributed by atoms with Crippen molar-refractivity contribution in [2.24, 2.45) is 0 Å². The molecule has 1 rings (SSSR count). The Labute approximate surface area is 122 Å². The standard InChI is InChI=1S/C13H21BrN2O3/c1-10(2)16-9-11(14)8-12(16)13(18)15-4-3-6-19-7-5-17/h8-10,17H,3-7H2,1-2H3,(H,15,18). The third-order valence-electron chi connectivity index (χ3n) is 2.59. The van der Waals surface area contributed by atoms with E-state index in [9.17, 15) is 4.79 Å². The number of halogens is 1. The lowest BCUT2D eigenvalue weighted by atomic mass is 10.3. The van der Waals surface area contributed by atoms with E-state index in [1.165, 1.54) is 0 Å². The highest BCUT2D eigenvalue weighted by atomic mass is 79.9. The van der Waals surface area contributed by atoms with Gasteiger partial charge in [-0.15, -0.1) is 0 Å². The van der Waals surface area contributed by atoms with E-state index in [1.807, 2.05) is 30.7 Å². The summed E-state index contributed by atoms with van der Waals surface area (Å²) in [5.41, 5.74) is 0.651. The van der Waals surface area contributed by atoms with Gasteiger partial charge in [-0.05, 0) is 42.3 Å². The summed E-state index contributed by atoms with van der Waals surface area (Å²) in [5.74, 6) is -0.0819. The van der Waals surface area contributed by atoms with Crippen LogP contribution < -0.4 is 5.32 Å². The van der Waals surface area contributed by atoms with E-state index < -0.39 is 0 Å². The number of aromatic nitrogens is 1. The van der Waals surface area contributed by atoms with Crippen LogP contribution in [0.2, 0.25) is 0 Å². The summed E-state index contributed by atoms with van der Waals surface area (Å²) in [4.78, 5) is 12.0. The van der Waals surface area contributed by atoms with Gasteiger partial charge in [0.1, 0.15) is 5.69 Å². The minimum atomic E-state index is -0.0819. The van der Waals surface area contributed by atoms with Crippen molar-refractivity contribution in [3.05, 3.63) is 22.4 Å². The zero-order chi connectivity index (χ0) is 14.3. The molecular weight excluding hydrogens is 312 g/mol. The third-order valence-corrected chi connectivity index (χ3v) is 3.02. The van der Waals surface area contributed by atoms with Crippen molar-refractivity contribution in [1.82, 2.24) is 9.88 Å². The Kier molecular flexibility index (Phi) is 7.12. The first-order valence-electron chi connectivity index (χ1n) is 6.40. The van der Waals surface area contributed by atoms with Gasteiger partial charge in [-0.1, -0.05) is 0 Å². The summed E-state index contributed by atoms with van der Waals surface area (Å²) in [7, 11) is 0. The number of aliphatic hydroxyl groups is 1. The highest BCUT2D eigenvalue weighted by Gasteiger charge is 2.14. The molecule has 0 aliphatic heterocycles. The molecule has 1 aromatic rings. The minimum absolute atomic E-state index is 0.0300. The molecule has 0 aliphatic rings. The molecule has 6 heteroatoms. The molecule has 0 spiro atoms. The van der Waals surface area contributed by atoms with Gasteiger partial charge in [-0.2, -0.15) is 0 Å². The highest BCUT2D eigenvalue weighted by molar-refractivity contribution is 9.10. The maximum Gasteiger partial charge on any atom is 0.267 e. The minimum Gasteiger partial charge on any atom is -0.394 e. The van der Waals surface area contributed by atoms with Crippen molar-refractivity contribution in [3.8, 4) is 0 Å². The van der Waals surface area contributed by atoms with Gasteiger partial charge in [0.05, 0.1) is 13.2 Å². The Morgan fingerprint density at radius 2 is 2.26 bits per heavy atom. The number of ether oxygens (including phenoxy) is 1. The van der Waals surface area contributed by atoms with Gasteiger partial charge in [-0.3, -0.25) is 4.79 Å². The summed E-state index contributed by atoms with van der Waals surface area (Å²) in [6.07, 6.45) is 2.64. The monoisotopic (exact) mass is 332 g/mol. The number of carbonyl (C=O) groups excluding carboxylic acids is 1. The van der Waals surface area contributed by atoms with E-state index in [0.29, 0.717) is 25.5 Å². The molecule has 0 fully saturated rings. The van der Waals surface area contributed by atoms with Crippen LogP contribution in [0.15, 0.2) is 16.7 Å². The average Bonchev–Trinajstić information content (AvgIpc) is 2.76. The van der Waals surface area contributed by atoms with Crippen LogP contribution in [-0.4, -0.2) is 41.9 Å². The van der Waals surface area contributed by atoms with Gasteiger partial charge < -0.3 is 19.7 Å². The number of carbonyl (C=O) groups is 1. The maximum atomic E-state index is 12.0. The molecule has 19 heavy (non-hydrogen) atoms. The summed E-state index contributed by atoms with van der Waals surface area (Å²) < 4.78 is 7.96. The molecule has 0 aromatic carbocycles. The fourth-order valence-electron chi connectivity index (χ4n) is 1.69. The summed E-state index contributed by atoms with van der Waals surface area (Å²) in [6.45, 7) is 5.54. The Bertz CT molecular complexity index is 405. The van der Waals surface area contributed by atoms with Crippen molar-refractivity contribution in [2.45, 2.75) is 26.3 Å². The van der Waals surface area contributed by atoms with Crippen LogP contribution in [0.25, 0.3) is 0 Å². The Morgan fingerprint density at radius 1 is 1.53 bits per heavy atom. The van der Waals surface area contributed by atoms with Gasteiger partial charge in [0.15, 0.2) is 0 Å². The molecule has 1 heterocycles. The number of rotatable bonds is 8. The first-order valence-corrected chi connectivity index (χ1v) is 7.19. The molecule has 108 valence electrons. The van der Waals surface area contributed by atoms with Crippen molar-refractivity contribution in [1.29, 1.82) is 0 Å². The van der Waals surface area contributed by atoms with Crippen LogP contribution in [0, 0.1) is 0 Å². The topological polar surface area (TPSA) is 63.5 Å². The van der Waals surface area contributed by atoms with E-state index in [2.05, 4.69) is 21.2 Å². The van der Waals surface area contributed by atoms with E-state index >= 15 is 0 Å². The first kappa shape index (κ1) is 16.2. The van der Waals surface area contributed by atoms with Gasteiger partial charge in [-0.25, -0.2) is 0 Å². The molecule has 0 atom stereocenters. The van der Waals surface area contributed by atoms with E-state index in [1.54, 1.807) is 0 Å². The number of hydrogen-bond acceptors (Lipinski definition) is 3. The maximum absolute atomic E-state index is 12.0.